The van der Waals surface area contributed by atoms with E-state index in [-0.39, 0.29) is 18.6 Å². The molecule has 2 N–H and O–H groups in total. The first kappa shape index (κ1) is 15.7. The minimum absolute atomic E-state index is 0.0207. The fourth-order valence-corrected chi connectivity index (χ4v) is 1.93. The van der Waals surface area contributed by atoms with Gasteiger partial charge in [-0.25, -0.2) is 0 Å². The molecule has 0 aliphatic rings. The highest BCUT2D eigenvalue weighted by atomic mass is 16.3. The minimum atomic E-state index is -0.588. The van der Waals surface area contributed by atoms with Crippen LogP contribution in [-0.4, -0.2) is 23.7 Å². The van der Waals surface area contributed by atoms with Gasteiger partial charge in [-0.05, 0) is 37.8 Å². The van der Waals surface area contributed by atoms with Gasteiger partial charge in [0.1, 0.15) is 0 Å². The molecule has 1 amide bonds. The number of amides is 1. The number of benzene rings is 1. The Morgan fingerprint density at radius 3 is 2.26 bits per heavy atom. The molecule has 0 heterocycles. The van der Waals surface area contributed by atoms with Gasteiger partial charge in [-0.1, -0.05) is 38.1 Å². The van der Waals surface area contributed by atoms with Gasteiger partial charge in [0.25, 0.3) is 0 Å². The first-order chi connectivity index (χ1) is 8.95. The largest absolute Gasteiger partial charge is 0.394 e. The zero-order chi connectivity index (χ0) is 14.5. The molecule has 0 radical (unpaired) electrons. The Balaban J connectivity index is 2.85. The molecule has 0 spiro atoms. The molecule has 0 fully saturated rings. The van der Waals surface area contributed by atoms with Crippen molar-refractivity contribution >= 4 is 5.91 Å². The van der Waals surface area contributed by atoms with Crippen molar-refractivity contribution in [2.75, 3.05) is 6.61 Å². The van der Waals surface area contributed by atoms with Gasteiger partial charge >= 0.3 is 0 Å². The van der Waals surface area contributed by atoms with E-state index in [1.54, 1.807) is 0 Å². The van der Waals surface area contributed by atoms with Crippen molar-refractivity contribution < 1.29 is 9.90 Å². The molecule has 1 rings (SSSR count). The lowest BCUT2D eigenvalue weighted by Crippen LogP contribution is -2.46. The summed E-state index contributed by atoms with van der Waals surface area (Å²) >= 11 is 0. The van der Waals surface area contributed by atoms with Crippen LogP contribution >= 0.6 is 0 Å². The van der Waals surface area contributed by atoms with Crippen LogP contribution in [0, 0.1) is 0 Å². The van der Waals surface area contributed by atoms with E-state index in [9.17, 15) is 4.79 Å². The number of carbonyl (C=O) groups excluding carboxylic acids is 1. The highest BCUT2D eigenvalue weighted by Gasteiger charge is 2.30. The van der Waals surface area contributed by atoms with Crippen molar-refractivity contribution in [3.63, 3.8) is 0 Å². The lowest BCUT2D eigenvalue weighted by atomic mass is 9.83. The predicted octanol–water partition coefficient (Wildman–Crippen LogP) is 2.41. The second-order valence-corrected chi connectivity index (χ2v) is 5.44. The Bertz CT molecular complexity index is 405. The summed E-state index contributed by atoms with van der Waals surface area (Å²) in [6.07, 6.45) is 1.72. The average molecular weight is 263 g/mol. The maximum atomic E-state index is 12.3. The fraction of sp³-hybridized carbons (Fsp3) is 0.562. The van der Waals surface area contributed by atoms with Crippen LogP contribution < -0.4 is 5.32 Å². The summed E-state index contributed by atoms with van der Waals surface area (Å²) < 4.78 is 0. The molecule has 0 saturated heterocycles. The zero-order valence-electron chi connectivity index (χ0n) is 12.4. The average Bonchev–Trinajstić information content (AvgIpc) is 2.44. The molecule has 1 unspecified atom stereocenters. The highest BCUT2D eigenvalue weighted by Crippen LogP contribution is 2.24. The number of aliphatic hydroxyl groups is 1. The van der Waals surface area contributed by atoms with E-state index >= 15 is 0 Å². The lowest BCUT2D eigenvalue weighted by Gasteiger charge is -2.27. The van der Waals surface area contributed by atoms with Crippen molar-refractivity contribution in [3.05, 3.63) is 35.4 Å². The highest BCUT2D eigenvalue weighted by molar-refractivity contribution is 5.87. The van der Waals surface area contributed by atoms with E-state index in [0.717, 1.165) is 18.4 Å². The molecule has 19 heavy (non-hydrogen) atoms. The van der Waals surface area contributed by atoms with Gasteiger partial charge in [-0.2, -0.15) is 0 Å². The second-order valence-electron chi connectivity index (χ2n) is 5.44. The quantitative estimate of drug-likeness (QED) is 0.828. The maximum absolute atomic E-state index is 12.3. The van der Waals surface area contributed by atoms with Gasteiger partial charge in [0.05, 0.1) is 18.1 Å². The van der Waals surface area contributed by atoms with E-state index in [2.05, 4.69) is 24.4 Å². The first-order valence-corrected chi connectivity index (χ1v) is 6.96. The van der Waals surface area contributed by atoms with Crippen molar-refractivity contribution in [1.82, 2.24) is 5.32 Å². The van der Waals surface area contributed by atoms with E-state index in [4.69, 9.17) is 5.11 Å². The molecule has 0 bridgehead atoms. The Morgan fingerprint density at radius 1 is 1.26 bits per heavy atom. The number of hydrogen-bond donors (Lipinski definition) is 2. The van der Waals surface area contributed by atoms with Crippen LogP contribution in [0.25, 0.3) is 0 Å². The van der Waals surface area contributed by atoms with Crippen molar-refractivity contribution in [2.24, 2.45) is 0 Å². The molecule has 1 aromatic rings. The van der Waals surface area contributed by atoms with Crippen LogP contribution in [0.2, 0.25) is 0 Å². The van der Waals surface area contributed by atoms with Crippen LogP contribution in [0.4, 0.5) is 0 Å². The Kier molecular flexibility index (Phi) is 5.55. The molecular formula is C16H25NO2. The van der Waals surface area contributed by atoms with Crippen molar-refractivity contribution in [3.8, 4) is 0 Å². The summed E-state index contributed by atoms with van der Waals surface area (Å²) in [5, 5.41) is 12.1. The van der Waals surface area contributed by atoms with Crippen LogP contribution in [0.3, 0.4) is 0 Å². The summed E-state index contributed by atoms with van der Waals surface area (Å²) in [4.78, 5) is 12.3. The maximum Gasteiger partial charge on any atom is 0.230 e. The SMILES string of the molecule is CCc1ccc(C(C)(C)C(=O)NC(CC)CO)cc1. The molecule has 1 aromatic carbocycles. The molecule has 3 heteroatoms. The van der Waals surface area contributed by atoms with Gasteiger partial charge < -0.3 is 10.4 Å². The number of hydrogen-bond acceptors (Lipinski definition) is 2. The van der Waals surface area contributed by atoms with E-state index in [1.807, 2.05) is 32.9 Å². The van der Waals surface area contributed by atoms with Crippen molar-refractivity contribution in [2.45, 2.75) is 52.0 Å². The van der Waals surface area contributed by atoms with Gasteiger partial charge in [0, 0.05) is 0 Å². The Labute approximate surface area is 116 Å². The number of carbonyl (C=O) groups is 1. The van der Waals surface area contributed by atoms with Gasteiger partial charge in [-0.15, -0.1) is 0 Å². The molecule has 0 aliphatic heterocycles. The molecule has 0 aliphatic carbocycles. The molecule has 1 atom stereocenters. The van der Waals surface area contributed by atoms with E-state index in [0.29, 0.717) is 0 Å². The number of nitrogens with one attached hydrogen (secondary N) is 1. The predicted molar refractivity (Wildman–Crippen MR) is 78.2 cm³/mol. The third-order valence-corrected chi connectivity index (χ3v) is 3.70. The summed E-state index contributed by atoms with van der Waals surface area (Å²) in [7, 11) is 0. The van der Waals surface area contributed by atoms with E-state index < -0.39 is 5.41 Å². The summed E-state index contributed by atoms with van der Waals surface area (Å²) in [5.74, 6) is -0.0438. The van der Waals surface area contributed by atoms with Gasteiger partial charge in [-0.3, -0.25) is 4.79 Å². The van der Waals surface area contributed by atoms with Crippen LogP contribution in [0.1, 0.15) is 45.2 Å². The summed E-state index contributed by atoms with van der Waals surface area (Å²) in [6, 6.07) is 7.99. The number of rotatable bonds is 6. The molecule has 3 nitrogen and oxygen atoms in total. The van der Waals surface area contributed by atoms with Crippen LogP contribution in [-0.2, 0) is 16.6 Å². The summed E-state index contributed by atoms with van der Waals surface area (Å²) in [5.41, 5.74) is 1.67. The van der Waals surface area contributed by atoms with Crippen molar-refractivity contribution in [1.29, 1.82) is 0 Å². The lowest BCUT2D eigenvalue weighted by molar-refractivity contribution is -0.126. The number of aliphatic hydroxyl groups excluding tert-OH is 1. The van der Waals surface area contributed by atoms with Crippen LogP contribution in [0.15, 0.2) is 24.3 Å². The molecule has 106 valence electrons. The fourth-order valence-electron chi connectivity index (χ4n) is 1.93. The number of aryl methyl sites for hydroxylation is 1. The molecule has 0 aromatic heterocycles. The van der Waals surface area contributed by atoms with Gasteiger partial charge in [0.15, 0.2) is 0 Å². The standard InChI is InChI=1S/C16H25NO2/c1-5-12-7-9-13(10-8-12)16(3,4)15(19)17-14(6-2)11-18/h7-10,14,18H,5-6,11H2,1-4H3,(H,17,19). The van der Waals surface area contributed by atoms with Gasteiger partial charge in [0.2, 0.25) is 5.91 Å². The molecule has 0 saturated carbocycles. The summed E-state index contributed by atoms with van der Waals surface area (Å²) in [6.45, 7) is 7.86. The second kappa shape index (κ2) is 6.71. The Morgan fingerprint density at radius 2 is 1.84 bits per heavy atom. The molecular weight excluding hydrogens is 238 g/mol. The normalized spacial score (nSPS) is 13.1. The van der Waals surface area contributed by atoms with E-state index in [1.165, 1.54) is 5.56 Å². The first-order valence-electron chi connectivity index (χ1n) is 6.96. The topological polar surface area (TPSA) is 49.3 Å². The zero-order valence-corrected chi connectivity index (χ0v) is 12.4. The minimum Gasteiger partial charge on any atom is -0.394 e. The Hall–Kier alpha value is -1.35. The third-order valence-electron chi connectivity index (χ3n) is 3.70. The monoisotopic (exact) mass is 263 g/mol. The third kappa shape index (κ3) is 3.80. The van der Waals surface area contributed by atoms with Crippen LogP contribution in [0.5, 0.6) is 0 Å². The smallest absolute Gasteiger partial charge is 0.230 e.